The predicted molar refractivity (Wildman–Crippen MR) is 153 cm³/mol. The zero-order valence-corrected chi connectivity index (χ0v) is 23.0. The molecule has 1 heterocycles. The van der Waals surface area contributed by atoms with E-state index in [2.05, 4.69) is 23.3 Å². The Bertz CT molecular complexity index is 1150. The smallest absolute Gasteiger partial charge is 0.262 e. The number of ether oxygens (including phenoxy) is 1. The summed E-state index contributed by atoms with van der Waals surface area (Å²) in [5.41, 5.74) is 3.04. The van der Waals surface area contributed by atoms with Crippen LogP contribution in [0.15, 0.2) is 46.9 Å². The molecule has 3 rings (SSSR count). The summed E-state index contributed by atoms with van der Waals surface area (Å²) < 4.78 is 11.3. The van der Waals surface area contributed by atoms with Crippen molar-refractivity contribution in [3.63, 3.8) is 0 Å². The molecule has 3 aromatic rings. The number of aryl methyl sites for hydroxylation is 1. The van der Waals surface area contributed by atoms with Gasteiger partial charge < -0.3 is 14.5 Å². The average molecular weight is 518 g/mol. The number of amides is 1. The van der Waals surface area contributed by atoms with Crippen molar-refractivity contribution in [3.8, 4) is 11.8 Å². The van der Waals surface area contributed by atoms with Crippen molar-refractivity contribution in [2.75, 3.05) is 11.9 Å². The highest BCUT2D eigenvalue weighted by molar-refractivity contribution is 5.93. The fraction of sp³-hybridized carbons (Fsp3) is 0.531. The van der Waals surface area contributed by atoms with Gasteiger partial charge in [0.05, 0.1) is 6.07 Å². The van der Waals surface area contributed by atoms with Crippen LogP contribution < -0.4 is 10.1 Å². The number of oxazole rings is 1. The Morgan fingerprint density at radius 2 is 1.61 bits per heavy atom. The summed E-state index contributed by atoms with van der Waals surface area (Å²) in [5.74, 6) is 0.829. The number of carbonyl (C=O) groups excluding carboxylic acids is 1. The molecule has 0 saturated carbocycles. The molecule has 0 radical (unpaired) electrons. The Labute approximate surface area is 227 Å². The van der Waals surface area contributed by atoms with E-state index in [-0.39, 0.29) is 18.9 Å². The maximum absolute atomic E-state index is 12.4. The molecule has 0 fully saturated rings. The monoisotopic (exact) mass is 517 g/mol. The number of nitrogens with zero attached hydrogens (tertiary/aromatic N) is 2. The minimum atomic E-state index is -0.247. The molecule has 0 aliphatic rings. The van der Waals surface area contributed by atoms with Crippen molar-refractivity contribution in [3.05, 3.63) is 53.9 Å². The van der Waals surface area contributed by atoms with Crippen molar-refractivity contribution < 1.29 is 13.9 Å². The quantitative estimate of drug-likeness (QED) is 0.161. The molecule has 204 valence electrons. The molecule has 1 amide bonds. The highest BCUT2D eigenvalue weighted by Gasteiger charge is 2.09. The van der Waals surface area contributed by atoms with Gasteiger partial charge in [0.2, 0.25) is 5.89 Å². The second-order valence-electron chi connectivity index (χ2n) is 10.1. The number of carbonyl (C=O) groups is 1. The maximum atomic E-state index is 12.4. The molecular weight excluding hydrogens is 474 g/mol. The van der Waals surface area contributed by atoms with E-state index in [4.69, 9.17) is 14.4 Å². The van der Waals surface area contributed by atoms with E-state index in [1.165, 1.54) is 89.0 Å². The molecule has 0 unspecified atom stereocenters. The van der Waals surface area contributed by atoms with E-state index in [0.717, 1.165) is 6.42 Å². The summed E-state index contributed by atoms with van der Waals surface area (Å²) in [5, 5.41) is 11.6. The molecule has 6 heteroatoms. The number of hydrogen-bond acceptors (Lipinski definition) is 5. The second kappa shape index (κ2) is 17.2. The molecule has 1 aromatic heterocycles. The third-order valence-electron chi connectivity index (χ3n) is 6.78. The standard InChI is InChI=1S/C32H43N3O3/c1-2-3-4-5-6-7-8-9-10-11-12-13-14-16-26-17-15-18-28(23-26)37-25-31(36)34-27-19-20-29-30(24-27)38-32(35-29)21-22-33/h15,17-20,23-24H,2-14,16,21,25H2,1H3,(H,34,36). The van der Waals surface area contributed by atoms with Crippen molar-refractivity contribution in [2.45, 2.75) is 103 Å². The van der Waals surface area contributed by atoms with E-state index in [9.17, 15) is 4.79 Å². The van der Waals surface area contributed by atoms with Crippen LogP contribution in [0.25, 0.3) is 11.1 Å². The van der Waals surface area contributed by atoms with E-state index < -0.39 is 0 Å². The van der Waals surface area contributed by atoms with E-state index in [0.29, 0.717) is 28.4 Å². The lowest BCUT2D eigenvalue weighted by Crippen LogP contribution is -2.20. The molecule has 6 nitrogen and oxygen atoms in total. The first-order valence-corrected chi connectivity index (χ1v) is 14.5. The molecule has 0 aliphatic carbocycles. The topological polar surface area (TPSA) is 88.1 Å². The summed E-state index contributed by atoms with van der Waals surface area (Å²) in [6.07, 6.45) is 18.8. The summed E-state index contributed by atoms with van der Waals surface area (Å²) in [7, 11) is 0. The Balaban J connectivity index is 1.27. The third-order valence-corrected chi connectivity index (χ3v) is 6.78. The lowest BCUT2D eigenvalue weighted by atomic mass is 10.0. The zero-order valence-electron chi connectivity index (χ0n) is 23.0. The van der Waals surface area contributed by atoms with Crippen LogP contribution in [0.3, 0.4) is 0 Å². The van der Waals surface area contributed by atoms with Crippen LogP contribution in [0.5, 0.6) is 5.75 Å². The molecule has 1 N–H and O–H groups in total. The van der Waals surface area contributed by atoms with Crippen LogP contribution >= 0.6 is 0 Å². The lowest BCUT2D eigenvalue weighted by Gasteiger charge is -2.09. The van der Waals surface area contributed by atoms with Gasteiger partial charge in [-0.25, -0.2) is 4.98 Å². The predicted octanol–water partition coefficient (Wildman–Crippen LogP) is 8.55. The van der Waals surface area contributed by atoms with Gasteiger partial charge in [-0.1, -0.05) is 96.1 Å². The number of nitrogens with one attached hydrogen (secondary N) is 1. The second-order valence-corrected chi connectivity index (χ2v) is 10.1. The molecule has 38 heavy (non-hydrogen) atoms. The molecule has 0 spiro atoms. The van der Waals surface area contributed by atoms with Crippen molar-refractivity contribution >= 4 is 22.7 Å². The van der Waals surface area contributed by atoms with Gasteiger partial charge >= 0.3 is 0 Å². The molecule has 0 aliphatic heterocycles. The fourth-order valence-corrected chi connectivity index (χ4v) is 4.68. The summed E-state index contributed by atoms with van der Waals surface area (Å²) in [6.45, 7) is 2.20. The number of anilines is 1. The number of rotatable bonds is 19. The van der Waals surface area contributed by atoms with E-state index in [1.807, 2.05) is 24.3 Å². The number of aromatic nitrogens is 1. The largest absolute Gasteiger partial charge is 0.484 e. The normalized spacial score (nSPS) is 10.9. The van der Waals surface area contributed by atoms with E-state index in [1.54, 1.807) is 18.2 Å². The van der Waals surface area contributed by atoms with E-state index >= 15 is 0 Å². The highest BCUT2D eigenvalue weighted by atomic mass is 16.5. The molecule has 0 bridgehead atoms. The maximum Gasteiger partial charge on any atom is 0.262 e. The van der Waals surface area contributed by atoms with Crippen LogP contribution in [0, 0.1) is 11.3 Å². The van der Waals surface area contributed by atoms with Crippen LogP contribution in [-0.4, -0.2) is 17.5 Å². The van der Waals surface area contributed by atoms with Gasteiger partial charge in [0, 0.05) is 11.8 Å². The van der Waals surface area contributed by atoms with Crippen LogP contribution in [0.2, 0.25) is 0 Å². The first kappa shape index (κ1) is 29.2. The van der Waals surface area contributed by atoms with Crippen LogP contribution in [0.4, 0.5) is 5.69 Å². The summed E-state index contributed by atoms with van der Waals surface area (Å²) in [4.78, 5) is 16.6. The highest BCUT2D eigenvalue weighted by Crippen LogP contribution is 2.21. The van der Waals surface area contributed by atoms with Crippen molar-refractivity contribution in [1.82, 2.24) is 4.98 Å². The van der Waals surface area contributed by atoms with Gasteiger partial charge in [0.1, 0.15) is 17.7 Å². The number of unbranched alkanes of at least 4 members (excludes halogenated alkanes) is 12. The van der Waals surface area contributed by atoms with Crippen LogP contribution in [-0.2, 0) is 17.6 Å². The van der Waals surface area contributed by atoms with Gasteiger partial charge in [-0.15, -0.1) is 0 Å². The van der Waals surface area contributed by atoms with Crippen molar-refractivity contribution in [2.24, 2.45) is 0 Å². The van der Waals surface area contributed by atoms with Gasteiger partial charge in [-0.3, -0.25) is 4.79 Å². The Kier molecular flexibility index (Phi) is 13.3. The average Bonchev–Trinajstić information content (AvgIpc) is 3.32. The Hall–Kier alpha value is -3.33. The first-order valence-electron chi connectivity index (χ1n) is 14.5. The van der Waals surface area contributed by atoms with Crippen LogP contribution in [0.1, 0.15) is 102 Å². The molecule has 0 atom stereocenters. The lowest BCUT2D eigenvalue weighted by molar-refractivity contribution is -0.118. The van der Waals surface area contributed by atoms with Gasteiger partial charge in [-0.05, 0) is 42.7 Å². The number of nitriles is 1. The number of hydrogen-bond donors (Lipinski definition) is 1. The molecule has 2 aromatic carbocycles. The Morgan fingerprint density at radius 1 is 0.921 bits per heavy atom. The van der Waals surface area contributed by atoms with Gasteiger partial charge in [0.25, 0.3) is 5.91 Å². The third kappa shape index (κ3) is 11.0. The first-order chi connectivity index (χ1) is 18.7. The fourth-order valence-electron chi connectivity index (χ4n) is 4.68. The summed E-state index contributed by atoms with van der Waals surface area (Å²) >= 11 is 0. The van der Waals surface area contributed by atoms with Gasteiger partial charge in [0.15, 0.2) is 12.2 Å². The van der Waals surface area contributed by atoms with Gasteiger partial charge in [-0.2, -0.15) is 5.26 Å². The number of benzene rings is 2. The molecule has 0 saturated heterocycles. The zero-order chi connectivity index (χ0) is 26.8. The molecular formula is C32H43N3O3. The minimum Gasteiger partial charge on any atom is -0.484 e. The SMILES string of the molecule is CCCCCCCCCCCCCCCc1cccc(OCC(=O)Nc2ccc3nc(CC#N)oc3c2)c1. The number of fused-ring (bicyclic) bond motifs is 1. The minimum absolute atomic E-state index is 0.0731. The van der Waals surface area contributed by atoms with Crippen molar-refractivity contribution in [1.29, 1.82) is 5.26 Å². The summed E-state index contributed by atoms with van der Waals surface area (Å²) in [6, 6.07) is 15.3. The Morgan fingerprint density at radius 3 is 2.29 bits per heavy atom.